The Morgan fingerprint density at radius 3 is 2.85 bits per heavy atom. The van der Waals surface area contributed by atoms with Crippen molar-refractivity contribution in [2.75, 3.05) is 16.8 Å². The lowest BCUT2D eigenvalue weighted by Gasteiger charge is -2.30. The Morgan fingerprint density at radius 2 is 2.05 bits per heavy atom. The number of hydrogen-bond acceptors (Lipinski definition) is 2. The molecule has 0 saturated heterocycles. The predicted molar refractivity (Wildman–Crippen MR) is 80.2 cm³/mol. The van der Waals surface area contributed by atoms with Crippen molar-refractivity contribution in [3.63, 3.8) is 0 Å². The fraction of sp³-hybridized carbons (Fsp3) is 0.133. The lowest BCUT2D eigenvalue weighted by atomic mass is 10.1. The van der Waals surface area contributed by atoms with Gasteiger partial charge >= 0.3 is 0 Å². The van der Waals surface area contributed by atoms with Crippen LogP contribution in [0.25, 0.3) is 0 Å². The maximum absolute atomic E-state index is 13.9. The highest BCUT2D eigenvalue weighted by molar-refractivity contribution is 9.10. The van der Waals surface area contributed by atoms with E-state index in [9.17, 15) is 9.18 Å². The fourth-order valence-electron chi connectivity index (χ4n) is 2.25. The van der Waals surface area contributed by atoms with E-state index in [4.69, 9.17) is 0 Å². The Labute approximate surface area is 124 Å². The average Bonchev–Trinajstić information content (AvgIpc) is 2.44. The third kappa shape index (κ3) is 2.41. The molecule has 20 heavy (non-hydrogen) atoms. The molecule has 3 rings (SSSR count). The molecule has 0 bridgehead atoms. The number of anilines is 2. The van der Waals surface area contributed by atoms with Crippen molar-refractivity contribution in [1.29, 1.82) is 0 Å². The number of nitrogens with one attached hydrogen (secondary N) is 1. The SMILES string of the molecule is O=C1CNc2ccccc2N1Cc1ccc(Br)cc1F. The van der Waals surface area contributed by atoms with Crippen molar-refractivity contribution in [2.45, 2.75) is 6.54 Å². The van der Waals surface area contributed by atoms with Crippen LogP contribution in [0.1, 0.15) is 5.56 Å². The number of para-hydroxylation sites is 2. The molecule has 3 nitrogen and oxygen atoms in total. The van der Waals surface area contributed by atoms with Crippen molar-refractivity contribution in [3.05, 3.63) is 58.3 Å². The van der Waals surface area contributed by atoms with Gasteiger partial charge in [0.05, 0.1) is 24.5 Å². The molecule has 102 valence electrons. The van der Waals surface area contributed by atoms with Gasteiger partial charge in [-0.2, -0.15) is 0 Å². The van der Waals surface area contributed by atoms with Gasteiger partial charge < -0.3 is 10.2 Å². The van der Waals surface area contributed by atoms with E-state index >= 15 is 0 Å². The zero-order valence-electron chi connectivity index (χ0n) is 10.6. The second kappa shape index (κ2) is 5.25. The first-order valence-corrected chi connectivity index (χ1v) is 7.01. The van der Waals surface area contributed by atoms with Gasteiger partial charge in [-0.25, -0.2) is 4.39 Å². The molecule has 1 N–H and O–H groups in total. The number of carbonyl (C=O) groups excluding carboxylic acids is 1. The highest BCUT2D eigenvalue weighted by atomic mass is 79.9. The zero-order valence-corrected chi connectivity index (χ0v) is 12.2. The summed E-state index contributed by atoms with van der Waals surface area (Å²) >= 11 is 3.23. The standard InChI is InChI=1S/C15H12BrFN2O/c16-11-6-5-10(12(17)7-11)9-19-14-4-2-1-3-13(14)18-8-15(19)20/h1-7,18H,8-9H2. The Morgan fingerprint density at radius 1 is 1.25 bits per heavy atom. The molecule has 0 spiro atoms. The number of halogens is 2. The number of amides is 1. The Kier molecular flexibility index (Phi) is 3.44. The highest BCUT2D eigenvalue weighted by Crippen LogP contribution is 2.30. The van der Waals surface area contributed by atoms with Crippen LogP contribution in [-0.4, -0.2) is 12.5 Å². The molecule has 0 saturated carbocycles. The van der Waals surface area contributed by atoms with Gasteiger partial charge in [-0.3, -0.25) is 4.79 Å². The summed E-state index contributed by atoms with van der Waals surface area (Å²) < 4.78 is 14.6. The molecule has 2 aromatic carbocycles. The van der Waals surface area contributed by atoms with Crippen molar-refractivity contribution < 1.29 is 9.18 Å². The molecule has 0 unspecified atom stereocenters. The summed E-state index contributed by atoms with van der Waals surface area (Å²) in [6.07, 6.45) is 0. The van der Waals surface area contributed by atoms with Crippen molar-refractivity contribution in [1.82, 2.24) is 0 Å². The van der Waals surface area contributed by atoms with Gasteiger partial charge in [0.2, 0.25) is 5.91 Å². The molecule has 1 aliphatic heterocycles. The van der Waals surface area contributed by atoms with Crippen LogP contribution < -0.4 is 10.2 Å². The normalized spacial score (nSPS) is 13.9. The number of rotatable bonds is 2. The predicted octanol–water partition coefficient (Wildman–Crippen LogP) is 3.55. The van der Waals surface area contributed by atoms with Crippen LogP contribution in [0.5, 0.6) is 0 Å². The molecule has 5 heteroatoms. The summed E-state index contributed by atoms with van der Waals surface area (Å²) in [6.45, 7) is 0.464. The minimum atomic E-state index is -0.316. The monoisotopic (exact) mass is 334 g/mol. The fourth-order valence-corrected chi connectivity index (χ4v) is 2.59. The molecule has 0 radical (unpaired) electrons. The number of nitrogens with zero attached hydrogens (tertiary/aromatic N) is 1. The molecule has 1 aliphatic rings. The summed E-state index contributed by atoms with van der Waals surface area (Å²) in [6, 6.07) is 12.4. The molecule has 0 aliphatic carbocycles. The molecule has 1 amide bonds. The summed E-state index contributed by atoms with van der Waals surface area (Å²) in [7, 11) is 0. The topological polar surface area (TPSA) is 32.3 Å². The van der Waals surface area contributed by atoms with Gasteiger partial charge in [0, 0.05) is 10.0 Å². The van der Waals surface area contributed by atoms with Gasteiger partial charge in [0.25, 0.3) is 0 Å². The largest absolute Gasteiger partial charge is 0.374 e. The third-order valence-electron chi connectivity index (χ3n) is 3.27. The summed E-state index contributed by atoms with van der Waals surface area (Å²) in [5, 5.41) is 3.06. The van der Waals surface area contributed by atoms with E-state index in [-0.39, 0.29) is 24.8 Å². The molecular formula is C15H12BrFN2O. The quantitative estimate of drug-likeness (QED) is 0.910. The second-order valence-electron chi connectivity index (χ2n) is 4.59. The van der Waals surface area contributed by atoms with Crippen molar-refractivity contribution in [3.8, 4) is 0 Å². The Hall–Kier alpha value is -1.88. The molecule has 0 aromatic heterocycles. The third-order valence-corrected chi connectivity index (χ3v) is 3.76. The number of benzene rings is 2. The van der Waals surface area contributed by atoms with Crippen LogP contribution in [-0.2, 0) is 11.3 Å². The van der Waals surface area contributed by atoms with Crippen LogP contribution in [0.4, 0.5) is 15.8 Å². The van der Waals surface area contributed by atoms with Crippen LogP contribution in [0, 0.1) is 5.82 Å². The van der Waals surface area contributed by atoms with Crippen LogP contribution in [0.2, 0.25) is 0 Å². The second-order valence-corrected chi connectivity index (χ2v) is 5.50. The van der Waals surface area contributed by atoms with Crippen LogP contribution in [0.3, 0.4) is 0 Å². The Bertz CT molecular complexity index is 675. The van der Waals surface area contributed by atoms with E-state index in [1.807, 2.05) is 24.3 Å². The van der Waals surface area contributed by atoms with Crippen molar-refractivity contribution in [2.24, 2.45) is 0 Å². The van der Waals surface area contributed by atoms with Gasteiger partial charge in [0.15, 0.2) is 0 Å². The lowest BCUT2D eigenvalue weighted by molar-refractivity contribution is -0.117. The van der Waals surface area contributed by atoms with E-state index < -0.39 is 0 Å². The van der Waals surface area contributed by atoms with Crippen LogP contribution >= 0.6 is 15.9 Å². The van der Waals surface area contributed by atoms with E-state index in [1.165, 1.54) is 6.07 Å². The summed E-state index contributed by atoms with van der Waals surface area (Å²) in [4.78, 5) is 13.7. The molecular weight excluding hydrogens is 323 g/mol. The summed E-state index contributed by atoms with van der Waals surface area (Å²) in [5.41, 5.74) is 2.17. The molecule has 0 fully saturated rings. The summed E-state index contributed by atoms with van der Waals surface area (Å²) in [5.74, 6) is -0.380. The number of carbonyl (C=O) groups is 1. The zero-order chi connectivity index (χ0) is 14.1. The van der Waals surface area contributed by atoms with E-state index in [0.29, 0.717) is 10.0 Å². The minimum Gasteiger partial charge on any atom is -0.374 e. The van der Waals surface area contributed by atoms with E-state index in [0.717, 1.165) is 11.4 Å². The smallest absolute Gasteiger partial charge is 0.246 e. The first kappa shape index (κ1) is 13.1. The van der Waals surface area contributed by atoms with Gasteiger partial charge in [-0.15, -0.1) is 0 Å². The highest BCUT2D eigenvalue weighted by Gasteiger charge is 2.24. The van der Waals surface area contributed by atoms with E-state index in [1.54, 1.807) is 17.0 Å². The molecule has 1 heterocycles. The van der Waals surface area contributed by atoms with E-state index in [2.05, 4.69) is 21.2 Å². The Balaban J connectivity index is 1.95. The molecule has 2 aromatic rings. The average molecular weight is 335 g/mol. The number of hydrogen-bond donors (Lipinski definition) is 1. The maximum Gasteiger partial charge on any atom is 0.246 e. The molecule has 0 atom stereocenters. The first-order valence-electron chi connectivity index (χ1n) is 6.22. The maximum atomic E-state index is 13.9. The van der Waals surface area contributed by atoms with Crippen LogP contribution in [0.15, 0.2) is 46.9 Å². The van der Waals surface area contributed by atoms with Gasteiger partial charge in [-0.05, 0) is 24.3 Å². The van der Waals surface area contributed by atoms with Gasteiger partial charge in [0.1, 0.15) is 5.82 Å². The minimum absolute atomic E-state index is 0.0639. The van der Waals surface area contributed by atoms with Crippen molar-refractivity contribution >= 4 is 33.2 Å². The lowest BCUT2D eigenvalue weighted by Crippen LogP contribution is -2.39. The van der Waals surface area contributed by atoms with Gasteiger partial charge in [-0.1, -0.05) is 34.1 Å². The first-order chi connectivity index (χ1) is 9.65. The number of fused-ring (bicyclic) bond motifs is 1.